The van der Waals surface area contributed by atoms with Crippen LogP contribution in [-0.4, -0.2) is 31.3 Å². The molecule has 2 rings (SSSR count). The number of nitrogens with one attached hydrogen (secondary N) is 2. The van der Waals surface area contributed by atoms with Crippen molar-refractivity contribution in [3.8, 4) is 5.75 Å². The van der Waals surface area contributed by atoms with Crippen LogP contribution in [-0.2, 0) is 11.3 Å². The second-order valence-electron chi connectivity index (χ2n) is 5.09. The number of amides is 1. The number of ether oxygens (including phenoxy) is 2. The fourth-order valence-electron chi connectivity index (χ4n) is 1.98. The predicted octanol–water partition coefficient (Wildman–Crippen LogP) is 3.17. The van der Waals surface area contributed by atoms with E-state index in [4.69, 9.17) is 33.3 Å². The molecule has 1 amide bonds. The van der Waals surface area contributed by atoms with Gasteiger partial charge in [0.25, 0.3) is 5.91 Å². The van der Waals surface area contributed by atoms with Gasteiger partial charge in [-0.2, -0.15) is 0 Å². The fraction of sp³-hybridized carbons (Fsp3) is 0.222. The number of methoxy groups -OCH3 is 1. The maximum absolute atomic E-state index is 12.2. The van der Waals surface area contributed by atoms with Crippen molar-refractivity contribution in [1.29, 1.82) is 0 Å². The molecule has 0 heterocycles. The van der Waals surface area contributed by atoms with Crippen LogP contribution in [0, 0.1) is 0 Å². The smallest absolute Gasteiger partial charge is 0.257 e. The molecule has 0 spiro atoms. The largest absolute Gasteiger partial charge is 0.491 e. The van der Waals surface area contributed by atoms with Crippen LogP contribution in [0.4, 0.5) is 0 Å². The van der Waals surface area contributed by atoms with Crippen LogP contribution in [0.2, 0.25) is 5.02 Å². The molecule has 0 atom stereocenters. The van der Waals surface area contributed by atoms with Gasteiger partial charge in [0.05, 0.1) is 6.61 Å². The first-order valence-corrected chi connectivity index (χ1v) is 8.43. The standard InChI is InChI=1S/C18H19ClN2O3S/c1-23-10-11-24-15-8-6-13(7-9-15)17(22)21-18(25)20-12-14-4-2-3-5-16(14)19/h2-9H,10-12H2,1H3,(H2,20,21,22,25). The first kappa shape index (κ1) is 19.2. The number of benzene rings is 2. The summed E-state index contributed by atoms with van der Waals surface area (Å²) in [5.74, 6) is 0.383. The Morgan fingerprint density at radius 3 is 2.52 bits per heavy atom. The number of rotatable bonds is 7. The van der Waals surface area contributed by atoms with Crippen molar-refractivity contribution in [2.75, 3.05) is 20.3 Å². The number of thiocarbonyl (C=S) groups is 1. The lowest BCUT2D eigenvalue weighted by Crippen LogP contribution is -2.38. The van der Waals surface area contributed by atoms with Crippen molar-refractivity contribution >= 4 is 34.8 Å². The summed E-state index contributed by atoms with van der Waals surface area (Å²) in [6, 6.07) is 14.2. The molecule has 0 bridgehead atoms. The van der Waals surface area contributed by atoms with E-state index in [0.29, 0.717) is 36.1 Å². The summed E-state index contributed by atoms with van der Waals surface area (Å²) in [5.41, 5.74) is 1.39. The molecule has 0 aliphatic heterocycles. The number of hydrogen-bond acceptors (Lipinski definition) is 4. The molecule has 0 saturated carbocycles. The van der Waals surface area contributed by atoms with E-state index in [1.807, 2.05) is 18.2 Å². The second kappa shape index (κ2) is 9.98. The van der Waals surface area contributed by atoms with Crippen LogP contribution in [0.1, 0.15) is 15.9 Å². The average molecular weight is 379 g/mol. The maximum atomic E-state index is 12.2. The Morgan fingerprint density at radius 2 is 1.84 bits per heavy atom. The molecule has 0 saturated heterocycles. The van der Waals surface area contributed by atoms with Crippen molar-refractivity contribution in [1.82, 2.24) is 10.6 Å². The quantitative estimate of drug-likeness (QED) is 0.572. The summed E-state index contributed by atoms with van der Waals surface area (Å²) in [6.45, 7) is 1.40. The molecule has 2 N–H and O–H groups in total. The lowest BCUT2D eigenvalue weighted by Gasteiger charge is -2.11. The van der Waals surface area contributed by atoms with Gasteiger partial charge >= 0.3 is 0 Å². The zero-order chi connectivity index (χ0) is 18.1. The zero-order valence-electron chi connectivity index (χ0n) is 13.8. The van der Waals surface area contributed by atoms with E-state index >= 15 is 0 Å². The van der Waals surface area contributed by atoms with Crippen molar-refractivity contribution in [2.45, 2.75) is 6.54 Å². The third kappa shape index (κ3) is 6.34. The van der Waals surface area contributed by atoms with Crippen LogP contribution in [0.25, 0.3) is 0 Å². The number of carbonyl (C=O) groups excluding carboxylic acids is 1. The van der Waals surface area contributed by atoms with Crippen molar-refractivity contribution in [3.63, 3.8) is 0 Å². The molecule has 2 aromatic rings. The minimum atomic E-state index is -0.292. The monoisotopic (exact) mass is 378 g/mol. The average Bonchev–Trinajstić information content (AvgIpc) is 2.62. The van der Waals surface area contributed by atoms with E-state index in [0.717, 1.165) is 5.56 Å². The van der Waals surface area contributed by atoms with Gasteiger partial charge in [0.1, 0.15) is 12.4 Å². The SMILES string of the molecule is COCCOc1ccc(C(=O)NC(=S)NCc2ccccc2Cl)cc1. The zero-order valence-corrected chi connectivity index (χ0v) is 15.3. The summed E-state index contributed by atoms with van der Waals surface area (Å²) < 4.78 is 10.4. The molecule has 132 valence electrons. The molecule has 5 nitrogen and oxygen atoms in total. The maximum Gasteiger partial charge on any atom is 0.257 e. The third-order valence-electron chi connectivity index (χ3n) is 3.30. The normalized spacial score (nSPS) is 10.2. The van der Waals surface area contributed by atoms with Crippen molar-refractivity contribution in [3.05, 3.63) is 64.7 Å². The number of hydrogen-bond donors (Lipinski definition) is 2. The van der Waals surface area contributed by atoms with E-state index in [1.54, 1.807) is 37.4 Å². The Kier molecular flexibility index (Phi) is 7.66. The number of halogens is 1. The van der Waals surface area contributed by atoms with Gasteiger partial charge in [0.2, 0.25) is 0 Å². The van der Waals surface area contributed by atoms with Crippen molar-refractivity contribution < 1.29 is 14.3 Å². The molecular weight excluding hydrogens is 360 g/mol. The third-order valence-corrected chi connectivity index (χ3v) is 3.91. The van der Waals surface area contributed by atoms with Crippen LogP contribution in [0.15, 0.2) is 48.5 Å². The van der Waals surface area contributed by atoms with E-state index in [2.05, 4.69) is 10.6 Å². The lowest BCUT2D eigenvalue weighted by atomic mass is 10.2. The molecule has 0 unspecified atom stereocenters. The molecule has 0 radical (unpaired) electrons. The summed E-state index contributed by atoms with van der Waals surface area (Å²) in [4.78, 5) is 12.2. The fourth-order valence-corrected chi connectivity index (χ4v) is 2.35. The van der Waals surface area contributed by atoms with Gasteiger partial charge in [-0.05, 0) is 48.1 Å². The first-order valence-electron chi connectivity index (χ1n) is 7.64. The predicted molar refractivity (Wildman–Crippen MR) is 102 cm³/mol. The van der Waals surface area contributed by atoms with Crippen LogP contribution in [0.5, 0.6) is 5.75 Å². The minimum absolute atomic E-state index is 0.241. The molecule has 7 heteroatoms. The highest BCUT2D eigenvalue weighted by Crippen LogP contribution is 2.14. The molecule has 0 fully saturated rings. The molecule has 0 aliphatic rings. The van der Waals surface area contributed by atoms with Crippen molar-refractivity contribution in [2.24, 2.45) is 0 Å². The summed E-state index contributed by atoms with van der Waals surface area (Å²) in [6.07, 6.45) is 0. The number of carbonyl (C=O) groups is 1. The van der Waals surface area contributed by atoms with Crippen LogP contribution < -0.4 is 15.4 Å². The Labute approximate surface area is 157 Å². The summed E-state index contributed by atoms with van der Waals surface area (Å²) in [5, 5.41) is 6.49. The summed E-state index contributed by atoms with van der Waals surface area (Å²) in [7, 11) is 1.61. The van der Waals surface area contributed by atoms with Gasteiger partial charge in [0, 0.05) is 24.2 Å². The highest BCUT2D eigenvalue weighted by Gasteiger charge is 2.08. The molecule has 25 heavy (non-hydrogen) atoms. The van der Waals surface area contributed by atoms with Gasteiger partial charge in [-0.1, -0.05) is 29.8 Å². The Bertz CT molecular complexity index is 723. The molecule has 2 aromatic carbocycles. The summed E-state index contributed by atoms with van der Waals surface area (Å²) >= 11 is 11.2. The van der Waals surface area contributed by atoms with E-state index in [1.165, 1.54) is 0 Å². The Morgan fingerprint density at radius 1 is 1.12 bits per heavy atom. The molecule has 0 aromatic heterocycles. The molecule has 0 aliphatic carbocycles. The molecular formula is C18H19ClN2O3S. The van der Waals surface area contributed by atoms with E-state index in [-0.39, 0.29) is 11.0 Å². The van der Waals surface area contributed by atoms with Gasteiger partial charge in [-0.3, -0.25) is 10.1 Å². The van der Waals surface area contributed by atoms with Gasteiger partial charge in [0.15, 0.2) is 5.11 Å². The highest BCUT2D eigenvalue weighted by atomic mass is 35.5. The minimum Gasteiger partial charge on any atom is -0.491 e. The van der Waals surface area contributed by atoms with E-state index in [9.17, 15) is 4.79 Å². The van der Waals surface area contributed by atoms with Crippen LogP contribution in [0.3, 0.4) is 0 Å². The topological polar surface area (TPSA) is 59.6 Å². The van der Waals surface area contributed by atoms with Crippen LogP contribution >= 0.6 is 23.8 Å². The van der Waals surface area contributed by atoms with Gasteiger partial charge in [-0.15, -0.1) is 0 Å². The van der Waals surface area contributed by atoms with Gasteiger partial charge in [-0.25, -0.2) is 0 Å². The van der Waals surface area contributed by atoms with E-state index < -0.39 is 0 Å². The van der Waals surface area contributed by atoms with Gasteiger partial charge < -0.3 is 14.8 Å². The Balaban J connectivity index is 1.82. The second-order valence-corrected chi connectivity index (χ2v) is 5.91. The first-order chi connectivity index (χ1) is 12.1. The Hall–Kier alpha value is -2.15. The highest BCUT2D eigenvalue weighted by molar-refractivity contribution is 7.80. The lowest BCUT2D eigenvalue weighted by molar-refractivity contribution is 0.0976.